The van der Waals surface area contributed by atoms with Gasteiger partial charge < -0.3 is 19.8 Å². The highest BCUT2D eigenvalue weighted by Gasteiger charge is 2.27. The average molecular weight is 722 g/mol. The van der Waals surface area contributed by atoms with Crippen LogP contribution in [0.2, 0.25) is 10.0 Å². The number of carbonyl (C=O) groups is 2. The number of hydrogen-bond donors (Lipinski definition) is 2. The van der Waals surface area contributed by atoms with Gasteiger partial charge in [-0.15, -0.1) is 0 Å². The largest absolute Gasteiger partial charge is 0.361 e. The van der Waals surface area contributed by atoms with E-state index in [1.54, 1.807) is 0 Å². The molecule has 6 nitrogen and oxygen atoms in total. The number of halogens is 2. The molecule has 8 rings (SSSR count). The first-order valence-electron chi connectivity index (χ1n) is 17.6. The third-order valence-corrected chi connectivity index (χ3v) is 11.0. The van der Waals surface area contributed by atoms with E-state index < -0.39 is 0 Å². The maximum Gasteiger partial charge on any atom is 0.255 e. The van der Waals surface area contributed by atoms with Gasteiger partial charge in [-0.05, 0) is 97.9 Å². The molecule has 2 aliphatic rings. The van der Waals surface area contributed by atoms with Crippen LogP contribution in [0.1, 0.15) is 65.0 Å². The zero-order chi connectivity index (χ0) is 34.5. The minimum Gasteiger partial charge on any atom is -0.361 e. The van der Waals surface area contributed by atoms with Gasteiger partial charge in [0.15, 0.2) is 0 Å². The van der Waals surface area contributed by atoms with Gasteiger partial charge in [-0.25, -0.2) is 0 Å². The van der Waals surface area contributed by atoms with Crippen LogP contribution in [0.4, 0.5) is 0 Å². The Morgan fingerprint density at radius 2 is 1.12 bits per heavy atom. The molecular formula is C43H46Cl2N4O2. The number of H-pyrrole nitrogens is 2. The highest BCUT2D eigenvalue weighted by atomic mass is 35.5. The SMILES string of the molecule is C.O=C(c1cc2cc[nH]c2cc1Cl)N1CCC(Cc2ccccc2)CC1.O=C(c1ccc2[nH]ccc2c1Cl)N1CCC(Cc2ccccc2)CC1. The molecule has 51 heavy (non-hydrogen) atoms. The van der Waals surface area contributed by atoms with E-state index in [0.717, 1.165) is 86.5 Å². The Bertz CT molecular complexity index is 1990. The standard InChI is InChI=1S/2C21H21ClN2O.CH4/c22-19-14-20-17(6-9-23-20)13-18(19)21(25)24-10-7-16(8-11-24)12-15-4-2-1-3-5-15;22-20-17-8-11-23-19(17)7-6-18(20)21(25)24-12-9-16(10-13-24)14-15-4-2-1-3-5-15;/h1-6,9,13-14,16,23H,7-8,10-12H2;1-8,11,16,23H,9-10,12-14H2;1H4. The number of nitrogens with one attached hydrogen (secondary N) is 2. The molecule has 0 saturated carbocycles. The van der Waals surface area contributed by atoms with Crippen LogP contribution in [0, 0.1) is 11.8 Å². The Labute approximate surface area is 310 Å². The van der Waals surface area contributed by atoms with Gasteiger partial charge in [0.25, 0.3) is 11.8 Å². The van der Waals surface area contributed by atoms with Gasteiger partial charge in [0.05, 0.1) is 21.2 Å². The van der Waals surface area contributed by atoms with Crippen molar-refractivity contribution in [1.82, 2.24) is 19.8 Å². The molecule has 6 aromatic rings. The molecule has 2 aromatic heterocycles. The summed E-state index contributed by atoms with van der Waals surface area (Å²) in [7, 11) is 0. The molecule has 2 N–H and O–H groups in total. The van der Waals surface area contributed by atoms with Crippen molar-refractivity contribution in [2.24, 2.45) is 11.8 Å². The van der Waals surface area contributed by atoms with E-state index >= 15 is 0 Å². The average Bonchev–Trinajstić information content (AvgIpc) is 3.83. The molecule has 8 heteroatoms. The van der Waals surface area contributed by atoms with Crippen molar-refractivity contribution in [3.63, 3.8) is 0 Å². The first-order chi connectivity index (χ1) is 24.4. The van der Waals surface area contributed by atoms with Gasteiger partial charge in [-0.2, -0.15) is 0 Å². The van der Waals surface area contributed by atoms with E-state index in [1.165, 1.54) is 11.1 Å². The van der Waals surface area contributed by atoms with Crippen LogP contribution >= 0.6 is 23.2 Å². The predicted octanol–water partition coefficient (Wildman–Crippen LogP) is 10.5. The predicted molar refractivity (Wildman–Crippen MR) is 211 cm³/mol. The molecule has 4 aromatic carbocycles. The molecule has 2 aliphatic heterocycles. The van der Waals surface area contributed by atoms with Crippen molar-refractivity contribution < 1.29 is 9.59 Å². The molecule has 264 valence electrons. The first kappa shape index (κ1) is 36.3. The second kappa shape index (κ2) is 16.7. The number of amides is 2. The molecule has 2 saturated heterocycles. The minimum absolute atomic E-state index is 0. The molecule has 0 bridgehead atoms. The summed E-state index contributed by atoms with van der Waals surface area (Å²) in [6.07, 6.45) is 10.1. The van der Waals surface area contributed by atoms with Gasteiger partial charge in [0.2, 0.25) is 0 Å². The Balaban J connectivity index is 0.000000172. The summed E-state index contributed by atoms with van der Waals surface area (Å²) in [5.41, 5.74) is 5.90. The zero-order valence-corrected chi connectivity index (χ0v) is 29.6. The highest BCUT2D eigenvalue weighted by Crippen LogP contribution is 2.30. The van der Waals surface area contributed by atoms with Crippen molar-refractivity contribution >= 4 is 56.8 Å². The van der Waals surface area contributed by atoms with Crippen molar-refractivity contribution in [2.45, 2.75) is 46.0 Å². The van der Waals surface area contributed by atoms with Gasteiger partial charge >= 0.3 is 0 Å². The molecule has 2 fully saturated rings. The van der Waals surface area contributed by atoms with Crippen molar-refractivity contribution in [2.75, 3.05) is 26.2 Å². The third-order valence-electron chi connectivity index (χ3n) is 10.3. The maximum absolute atomic E-state index is 12.9. The van der Waals surface area contributed by atoms with Crippen LogP contribution in [-0.2, 0) is 12.8 Å². The molecule has 2 amide bonds. The lowest BCUT2D eigenvalue weighted by Crippen LogP contribution is -2.39. The molecule has 0 radical (unpaired) electrons. The quantitative estimate of drug-likeness (QED) is 0.180. The van der Waals surface area contributed by atoms with E-state index in [1.807, 2.05) is 58.6 Å². The van der Waals surface area contributed by atoms with Gasteiger partial charge in [-0.3, -0.25) is 9.59 Å². The number of benzene rings is 4. The van der Waals surface area contributed by atoms with Crippen LogP contribution in [0.3, 0.4) is 0 Å². The maximum atomic E-state index is 12.9. The summed E-state index contributed by atoms with van der Waals surface area (Å²) in [6, 6.07) is 32.6. The summed E-state index contributed by atoms with van der Waals surface area (Å²) < 4.78 is 0. The number of nitrogens with zero attached hydrogens (tertiary/aromatic N) is 2. The number of aromatic nitrogens is 2. The summed E-state index contributed by atoms with van der Waals surface area (Å²) in [4.78, 5) is 35.9. The highest BCUT2D eigenvalue weighted by molar-refractivity contribution is 6.38. The summed E-state index contributed by atoms with van der Waals surface area (Å²) in [5, 5.41) is 3.00. The number of carbonyl (C=O) groups excluding carboxylic acids is 2. The Morgan fingerprint density at radius 1 is 0.608 bits per heavy atom. The second-order valence-electron chi connectivity index (χ2n) is 13.6. The number of fused-ring (bicyclic) bond motifs is 2. The topological polar surface area (TPSA) is 72.2 Å². The first-order valence-corrected chi connectivity index (χ1v) is 18.4. The monoisotopic (exact) mass is 720 g/mol. The summed E-state index contributed by atoms with van der Waals surface area (Å²) in [6.45, 7) is 3.21. The Morgan fingerprint density at radius 3 is 1.69 bits per heavy atom. The van der Waals surface area contributed by atoms with Crippen LogP contribution in [-0.4, -0.2) is 57.8 Å². The number of likely N-dealkylation sites (tertiary alicyclic amines) is 2. The lowest BCUT2D eigenvalue weighted by molar-refractivity contribution is 0.0683. The van der Waals surface area contributed by atoms with E-state index in [-0.39, 0.29) is 19.2 Å². The van der Waals surface area contributed by atoms with Crippen LogP contribution < -0.4 is 0 Å². The minimum atomic E-state index is 0. The molecular weight excluding hydrogens is 675 g/mol. The number of aromatic amines is 2. The third kappa shape index (κ3) is 8.52. The lowest BCUT2D eigenvalue weighted by Gasteiger charge is -2.32. The van der Waals surface area contributed by atoms with Crippen molar-refractivity contribution in [1.29, 1.82) is 0 Å². The van der Waals surface area contributed by atoms with Crippen molar-refractivity contribution in [3.05, 3.63) is 142 Å². The fourth-order valence-corrected chi connectivity index (χ4v) is 7.97. The van der Waals surface area contributed by atoms with Crippen LogP contribution in [0.15, 0.2) is 109 Å². The number of piperidine rings is 2. The Hall–Kier alpha value is -4.52. The molecule has 0 aliphatic carbocycles. The molecule has 0 spiro atoms. The van der Waals surface area contributed by atoms with Gasteiger partial charge in [-0.1, -0.05) is 91.3 Å². The second-order valence-corrected chi connectivity index (χ2v) is 14.4. The fourth-order valence-electron chi connectivity index (χ4n) is 7.42. The zero-order valence-electron chi connectivity index (χ0n) is 28.1. The fraction of sp³-hybridized carbons (Fsp3) is 0.302. The van der Waals surface area contributed by atoms with Gasteiger partial charge in [0.1, 0.15) is 0 Å². The smallest absolute Gasteiger partial charge is 0.255 e. The molecule has 4 heterocycles. The number of rotatable bonds is 6. The van der Waals surface area contributed by atoms with E-state index in [4.69, 9.17) is 23.2 Å². The van der Waals surface area contributed by atoms with Gasteiger partial charge in [0, 0.05) is 60.4 Å². The van der Waals surface area contributed by atoms with Crippen LogP contribution in [0.5, 0.6) is 0 Å². The number of hydrogen-bond acceptors (Lipinski definition) is 2. The van der Waals surface area contributed by atoms with E-state index in [0.29, 0.717) is 33.0 Å². The molecule has 0 unspecified atom stereocenters. The normalized spacial score (nSPS) is 15.3. The summed E-state index contributed by atoms with van der Waals surface area (Å²) >= 11 is 12.8. The van der Waals surface area contributed by atoms with Crippen LogP contribution in [0.25, 0.3) is 21.8 Å². The van der Waals surface area contributed by atoms with Crippen molar-refractivity contribution in [3.8, 4) is 0 Å². The molecule has 0 atom stereocenters. The summed E-state index contributed by atoms with van der Waals surface area (Å²) in [5.74, 6) is 1.39. The van der Waals surface area contributed by atoms with E-state index in [2.05, 4.69) is 70.6 Å². The van der Waals surface area contributed by atoms with E-state index in [9.17, 15) is 9.59 Å². The lowest BCUT2D eigenvalue weighted by atomic mass is 9.90. The Kier molecular flexibility index (Phi) is 11.9.